The lowest BCUT2D eigenvalue weighted by atomic mass is 10.2. The van der Waals surface area contributed by atoms with Gasteiger partial charge in [-0.2, -0.15) is 0 Å². The zero-order valence-electron chi connectivity index (χ0n) is 7.72. The Balaban J connectivity index is 2.44. The molecule has 1 aromatic rings. The van der Waals surface area contributed by atoms with Crippen LogP contribution < -0.4 is 5.32 Å². The van der Waals surface area contributed by atoms with Crippen LogP contribution in [0, 0.1) is 0 Å². The third-order valence-corrected chi connectivity index (χ3v) is 2.46. The molecular formula is C9H15N3. The van der Waals surface area contributed by atoms with Crippen LogP contribution >= 0.6 is 0 Å². The van der Waals surface area contributed by atoms with E-state index in [1.807, 2.05) is 0 Å². The first-order valence-corrected chi connectivity index (χ1v) is 4.61. The lowest BCUT2D eigenvalue weighted by Gasteiger charge is -2.13. The van der Waals surface area contributed by atoms with Gasteiger partial charge >= 0.3 is 0 Å². The zero-order chi connectivity index (χ0) is 8.55. The Morgan fingerprint density at radius 2 is 2.42 bits per heavy atom. The molecule has 0 radical (unpaired) electrons. The maximum absolute atomic E-state index is 4.57. The van der Waals surface area contributed by atoms with Gasteiger partial charge in [0.2, 0.25) is 0 Å². The molecule has 1 aromatic heterocycles. The molecule has 0 amide bonds. The second-order valence-corrected chi connectivity index (χ2v) is 3.27. The molecule has 0 spiro atoms. The molecule has 12 heavy (non-hydrogen) atoms. The van der Waals surface area contributed by atoms with Crippen LogP contribution in [0.3, 0.4) is 0 Å². The molecule has 0 aliphatic carbocycles. The van der Waals surface area contributed by atoms with Crippen molar-refractivity contribution < 1.29 is 0 Å². The van der Waals surface area contributed by atoms with Gasteiger partial charge in [0.15, 0.2) is 0 Å². The maximum Gasteiger partial charge on any atom is 0.129 e. The number of nitrogens with zero attached hydrogens (tertiary/aromatic N) is 2. The topological polar surface area (TPSA) is 29.9 Å². The van der Waals surface area contributed by atoms with E-state index in [0.717, 1.165) is 19.4 Å². The molecule has 3 heteroatoms. The first kappa shape index (κ1) is 7.65. The molecule has 1 N–H and O–H groups in total. The fourth-order valence-electron chi connectivity index (χ4n) is 1.78. The Bertz CT molecular complexity index is 288. The van der Waals surface area contributed by atoms with Gasteiger partial charge in [-0.05, 0) is 12.8 Å². The van der Waals surface area contributed by atoms with Crippen LogP contribution in [0.5, 0.6) is 0 Å². The molecule has 1 aliphatic rings. The minimum Gasteiger partial charge on any atom is -0.370 e. The highest BCUT2D eigenvalue weighted by atomic mass is 15.2. The average Bonchev–Trinajstić information content (AvgIpc) is 2.44. The SMILES string of the molecule is CCc1nc2c(n1C)NCCC2. The van der Waals surface area contributed by atoms with Crippen LogP contribution in [0.1, 0.15) is 24.9 Å². The van der Waals surface area contributed by atoms with E-state index in [4.69, 9.17) is 0 Å². The average molecular weight is 165 g/mol. The van der Waals surface area contributed by atoms with Gasteiger partial charge in [-0.15, -0.1) is 0 Å². The minimum absolute atomic E-state index is 1.02. The summed E-state index contributed by atoms with van der Waals surface area (Å²) in [6.07, 6.45) is 3.37. The zero-order valence-corrected chi connectivity index (χ0v) is 7.72. The molecule has 0 bridgehead atoms. The van der Waals surface area contributed by atoms with Crippen LogP contribution in [0.15, 0.2) is 0 Å². The van der Waals surface area contributed by atoms with Crippen molar-refractivity contribution in [2.75, 3.05) is 11.9 Å². The second-order valence-electron chi connectivity index (χ2n) is 3.27. The van der Waals surface area contributed by atoms with Crippen LogP contribution in [-0.4, -0.2) is 16.1 Å². The van der Waals surface area contributed by atoms with Crippen molar-refractivity contribution in [1.82, 2.24) is 9.55 Å². The highest BCUT2D eigenvalue weighted by molar-refractivity contribution is 5.45. The molecule has 1 aliphatic heterocycles. The van der Waals surface area contributed by atoms with Gasteiger partial charge < -0.3 is 9.88 Å². The van der Waals surface area contributed by atoms with Crippen molar-refractivity contribution >= 4 is 5.82 Å². The van der Waals surface area contributed by atoms with Gasteiger partial charge in [0.25, 0.3) is 0 Å². The molecular weight excluding hydrogens is 150 g/mol. The number of hydrogen-bond acceptors (Lipinski definition) is 2. The van der Waals surface area contributed by atoms with Crippen molar-refractivity contribution in [2.24, 2.45) is 7.05 Å². The summed E-state index contributed by atoms with van der Waals surface area (Å²) in [4.78, 5) is 4.57. The predicted octanol–water partition coefficient (Wildman–Crippen LogP) is 1.34. The van der Waals surface area contributed by atoms with Gasteiger partial charge in [0.05, 0.1) is 5.69 Å². The smallest absolute Gasteiger partial charge is 0.129 e. The van der Waals surface area contributed by atoms with Gasteiger partial charge in [0.1, 0.15) is 11.6 Å². The summed E-state index contributed by atoms with van der Waals surface area (Å²) in [7, 11) is 2.09. The van der Waals surface area contributed by atoms with Gasteiger partial charge in [-0.1, -0.05) is 6.92 Å². The lowest BCUT2D eigenvalue weighted by Crippen LogP contribution is -2.13. The summed E-state index contributed by atoms with van der Waals surface area (Å²) in [5, 5.41) is 3.39. The summed E-state index contributed by atoms with van der Waals surface area (Å²) in [6, 6.07) is 0. The fourth-order valence-corrected chi connectivity index (χ4v) is 1.78. The summed E-state index contributed by atoms with van der Waals surface area (Å²) >= 11 is 0. The Morgan fingerprint density at radius 3 is 3.08 bits per heavy atom. The normalized spacial score (nSPS) is 15.5. The molecule has 0 unspecified atom stereocenters. The monoisotopic (exact) mass is 165 g/mol. The second kappa shape index (κ2) is 2.81. The van der Waals surface area contributed by atoms with E-state index in [0.29, 0.717) is 0 Å². The molecule has 0 saturated carbocycles. The number of aromatic nitrogens is 2. The van der Waals surface area contributed by atoms with Crippen molar-refractivity contribution in [2.45, 2.75) is 26.2 Å². The molecule has 0 saturated heterocycles. The molecule has 66 valence electrons. The minimum atomic E-state index is 1.02. The molecule has 0 fully saturated rings. The van der Waals surface area contributed by atoms with E-state index in [2.05, 4.69) is 28.8 Å². The van der Waals surface area contributed by atoms with Gasteiger partial charge in [0, 0.05) is 20.0 Å². The van der Waals surface area contributed by atoms with Crippen molar-refractivity contribution in [3.63, 3.8) is 0 Å². The van der Waals surface area contributed by atoms with E-state index in [9.17, 15) is 0 Å². The van der Waals surface area contributed by atoms with Crippen molar-refractivity contribution in [3.05, 3.63) is 11.5 Å². The number of aryl methyl sites for hydroxylation is 2. The van der Waals surface area contributed by atoms with E-state index in [1.165, 1.54) is 23.8 Å². The molecule has 0 aromatic carbocycles. The fraction of sp³-hybridized carbons (Fsp3) is 0.667. The number of anilines is 1. The highest BCUT2D eigenvalue weighted by Crippen LogP contribution is 2.21. The van der Waals surface area contributed by atoms with E-state index in [1.54, 1.807) is 0 Å². The molecule has 2 rings (SSSR count). The first-order chi connectivity index (χ1) is 5.83. The Morgan fingerprint density at radius 1 is 1.58 bits per heavy atom. The Hall–Kier alpha value is -0.990. The highest BCUT2D eigenvalue weighted by Gasteiger charge is 2.15. The molecule has 0 atom stereocenters. The third kappa shape index (κ3) is 1.00. The molecule has 3 nitrogen and oxygen atoms in total. The van der Waals surface area contributed by atoms with Gasteiger partial charge in [-0.25, -0.2) is 4.98 Å². The summed E-state index contributed by atoms with van der Waals surface area (Å²) in [6.45, 7) is 3.24. The summed E-state index contributed by atoms with van der Waals surface area (Å²) in [5.74, 6) is 2.42. The van der Waals surface area contributed by atoms with Crippen LogP contribution in [0.25, 0.3) is 0 Å². The Labute approximate surface area is 72.8 Å². The maximum atomic E-state index is 4.57. The number of rotatable bonds is 1. The number of hydrogen-bond donors (Lipinski definition) is 1. The van der Waals surface area contributed by atoms with Crippen LogP contribution in [-0.2, 0) is 19.9 Å². The van der Waals surface area contributed by atoms with E-state index in [-0.39, 0.29) is 0 Å². The van der Waals surface area contributed by atoms with Crippen LogP contribution in [0.4, 0.5) is 5.82 Å². The number of nitrogens with one attached hydrogen (secondary N) is 1. The number of imidazole rings is 1. The van der Waals surface area contributed by atoms with Crippen molar-refractivity contribution in [1.29, 1.82) is 0 Å². The summed E-state index contributed by atoms with van der Waals surface area (Å²) < 4.78 is 2.18. The van der Waals surface area contributed by atoms with E-state index < -0.39 is 0 Å². The quantitative estimate of drug-likeness (QED) is 0.680. The predicted molar refractivity (Wildman–Crippen MR) is 49.4 cm³/mol. The summed E-state index contributed by atoms with van der Waals surface area (Å²) in [5.41, 5.74) is 1.25. The van der Waals surface area contributed by atoms with E-state index >= 15 is 0 Å². The number of fused-ring (bicyclic) bond motifs is 1. The lowest BCUT2D eigenvalue weighted by molar-refractivity contribution is 0.785. The molecule has 2 heterocycles. The third-order valence-electron chi connectivity index (χ3n) is 2.46. The van der Waals surface area contributed by atoms with Crippen LogP contribution in [0.2, 0.25) is 0 Å². The van der Waals surface area contributed by atoms with Gasteiger partial charge in [-0.3, -0.25) is 0 Å². The largest absolute Gasteiger partial charge is 0.370 e. The Kier molecular flexibility index (Phi) is 1.79. The van der Waals surface area contributed by atoms with Crippen molar-refractivity contribution in [3.8, 4) is 0 Å². The first-order valence-electron chi connectivity index (χ1n) is 4.61. The standard InChI is InChI=1S/C9H15N3/c1-3-8-11-7-5-4-6-10-9(7)12(8)2/h10H,3-6H2,1-2H3.